The van der Waals surface area contributed by atoms with Crippen LogP contribution in [0.15, 0.2) is 9.95 Å². The highest BCUT2D eigenvalue weighted by Crippen LogP contribution is 2.35. The van der Waals surface area contributed by atoms with E-state index < -0.39 is 0 Å². The second-order valence-electron chi connectivity index (χ2n) is 4.64. The largest absolute Gasteiger partial charge is 0.290 e. The zero-order chi connectivity index (χ0) is 12.7. The zero-order valence-electron chi connectivity index (χ0n) is 10.7. The van der Waals surface area contributed by atoms with Crippen LogP contribution < -0.4 is 5.56 Å². The Balaban J connectivity index is 2.20. The maximum absolute atomic E-state index is 12.4. The van der Waals surface area contributed by atoms with Gasteiger partial charge >= 0.3 is 0 Å². The first kappa shape index (κ1) is 12.2. The lowest BCUT2D eigenvalue weighted by Gasteiger charge is -2.06. The van der Waals surface area contributed by atoms with Crippen LogP contribution >= 0.6 is 23.1 Å². The number of hydrogen-bond donors (Lipinski definition) is 0. The van der Waals surface area contributed by atoms with Crippen LogP contribution in [0.5, 0.6) is 0 Å². The van der Waals surface area contributed by atoms with Crippen LogP contribution in [-0.2, 0) is 19.9 Å². The normalized spacial score (nSPS) is 14.3. The fraction of sp³-hybridized carbons (Fsp3) is 0.538. The monoisotopic (exact) mass is 280 g/mol. The van der Waals surface area contributed by atoms with Crippen molar-refractivity contribution in [3.63, 3.8) is 0 Å². The highest BCUT2D eigenvalue weighted by Gasteiger charge is 2.22. The van der Waals surface area contributed by atoms with Gasteiger partial charge in [-0.25, -0.2) is 4.98 Å². The van der Waals surface area contributed by atoms with Crippen LogP contribution in [0.1, 0.15) is 30.2 Å². The molecule has 0 saturated heterocycles. The standard InChI is InChI=1S/C13H16N2OS2/c1-3-7-17-13-14-11-10(12(16)15(13)2)8-5-4-6-9(8)18-11/h3-7H2,1-2H3. The van der Waals surface area contributed by atoms with E-state index in [2.05, 4.69) is 11.9 Å². The predicted molar refractivity (Wildman–Crippen MR) is 77.9 cm³/mol. The van der Waals surface area contributed by atoms with Gasteiger partial charge in [0.1, 0.15) is 4.83 Å². The molecule has 0 radical (unpaired) electrons. The third kappa shape index (κ3) is 1.80. The van der Waals surface area contributed by atoms with E-state index in [1.165, 1.54) is 16.9 Å². The molecule has 0 fully saturated rings. The Morgan fingerprint density at radius 2 is 2.28 bits per heavy atom. The molecule has 3 nitrogen and oxygen atoms in total. The molecule has 0 bridgehead atoms. The van der Waals surface area contributed by atoms with E-state index in [1.807, 2.05) is 7.05 Å². The van der Waals surface area contributed by atoms with Gasteiger partial charge in [0.05, 0.1) is 5.39 Å². The summed E-state index contributed by atoms with van der Waals surface area (Å²) in [6.45, 7) is 2.14. The van der Waals surface area contributed by atoms with Crippen LogP contribution in [0, 0.1) is 0 Å². The number of thiophene rings is 1. The summed E-state index contributed by atoms with van der Waals surface area (Å²) < 4.78 is 1.72. The molecule has 0 unspecified atom stereocenters. The number of fused-ring (bicyclic) bond motifs is 3. The summed E-state index contributed by atoms with van der Waals surface area (Å²) in [5, 5.41) is 1.74. The Kier molecular flexibility index (Phi) is 3.20. The van der Waals surface area contributed by atoms with Crippen molar-refractivity contribution in [2.45, 2.75) is 37.8 Å². The van der Waals surface area contributed by atoms with E-state index in [9.17, 15) is 4.79 Å². The smallest absolute Gasteiger partial charge is 0.262 e. The van der Waals surface area contributed by atoms with E-state index in [0.29, 0.717) is 0 Å². The first-order valence-electron chi connectivity index (χ1n) is 6.36. The number of rotatable bonds is 3. The molecule has 0 atom stereocenters. The van der Waals surface area contributed by atoms with Gasteiger partial charge in [0.25, 0.3) is 5.56 Å². The lowest BCUT2D eigenvalue weighted by atomic mass is 10.2. The summed E-state index contributed by atoms with van der Waals surface area (Å²) in [6, 6.07) is 0. The number of aromatic nitrogens is 2. The Bertz CT molecular complexity index is 657. The highest BCUT2D eigenvalue weighted by molar-refractivity contribution is 7.99. The summed E-state index contributed by atoms with van der Waals surface area (Å²) in [7, 11) is 1.84. The number of hydrogen-bond acceptors (Lipinski definition) is 4. The van der Waals surface area contributed by atoms with E-state index in [0.717, 1.165) is 40.4 Å². The minimum atomic E-state index is 0.137. The summed E-state index contributed by atoms with van der Waals surface area (Å²) in [5.74, 6) is 1.01. The van der Waals surface area contributed by atoms with Crippen LogP contribution in [0.25, 0.3) is 10.2 Å². The van der Waals surface area contributed by atoms with Gasteiger partial charge in [-0.15, -0.1) is 11.3 Å². The van der Waals surface area contributed by atoms with Crippen molar-refractivity contribution in [2.24, 2.45) is 7.05 Å². The van der Waals surface area contributed by atoms with Crippen LogP contribution in [0.3, 0.4) is 0 Å². The Morgan fingerprint density at radius 3 is 3.06 bits per heavy atom. The lowest BCUT2D eigenvalue weighted by Crippen LogP contribution is -2.20. The van der Waals surface area contributed by atoms with E-state index in [4.69, 9.17) is 0 Å². The summed E-state index contributed by atoms with van der Waals surface area (Å²) >= 11 is 3.39. The molecule has 2 heterocycles. The fourth-order valence-corrected chi connectivity index (χ4v) is 4.56. The third-order valence-electron chi connectivity index (χ3n) is 3.34. The molecule has 0 aromatic carbocycles. The SMILES string of the molecule is CCCSc1nc2sc3c(c2c(=O)n1C)CCC3. The molecule has 18 heavy (non-hydrogen) atoms. The van der Waals surface area contributed by atoms with E-state index >= 15 is 0 Å². The molecule has 1 aliphatic rings. The maximum Gasteiger partial charge on any atom is 0.262 e. The quantitative estimate of drug-likeness (QED) is 0.640. The minimum Gasteiger partial charge on any atom is -0.290 e. The van der Waals surface area contributed by atoms with Crippen molar-refractivity contribution in [1.29, 1.82) is 0 Å². The van der Waals surface area contributed by atoms with Gasteiger partial charge in [-0.3, -0.25) is 9.36 Å². The van der Waals surface area contributed by atoms with Crippen molar-refractivity contribution in [2.75, 3.05) is 5.75 Å². The summed E-state index contributed by atoms with van der Waals surface area (Å²) in [6.07, 6.45) is 4.46. The second kappa shape index (κ2) is 4.70. The molecule has 0 amide bonds. The number of nitrogens with zero attached hydrogens (tertiary/aromatic N) is 2. The Morgan fingerprint density at radius 1 is 1.44 bits per heavy atom. The Hall–Kier alpha value is -0.810. The third-order valence-corrected chi connectivity index (χ3v) is 5.76. The van der Waals surface area contributed by atoms with Gasteiger partial charge < -0.3 is 0 Å². The maximum atomic E-state index is 12.4. The summed E-state index contributed by atoms with van der Waals surface area (Å²) in [5.41, 5.74) is 1.41. The molecule has 2 aromatic heterocycles. The average Bonchev–Trinajstić information content (AvgIpc) is 2.91. The number of aryl methyl sites for hydroxylation is 2. The van der Waals surface area contributed by atoms with Gasteiger partial charge in [0.15, 0.2) is 5.16 Å². The second-order valence-corrected chi connectivity index (χ2v) is 6.79. The van der Waals surface area contributed by atoms with E-state index in [-0.39, 0.29) is 5.56 Å². The summed E-state index contributed by atoms with van der Waals surface area (Å²) in [4.78, 5) is 19.5. The van der Waals surface area contributed by atoms with Gasteiger partial charge in [-0.2, -0.15) is 0 Å². The van der Waals surface area contributed by atoms with Crippen molar-refractivity contribution >= 4 is 33.3 Å². The lowest BCUT2D eigenvalue weighted by molar-refractivity contribution is 0.726. The van der Waals surface area contributed by atoms with Crippen molar-refractivity contribution in [3.8, 4) is 0 Å². The highest BCUT2D eigenvalue weighted by atomic mass is 32.2. The molecule has 0 N–H and O–H groups in total. The molecular weight excluding hydrogens is 264 g/mol. The molecule has 3 rings (SSSR count). The molecule has 2 aromatic rings. The van der Waals surface area contributed by atoms with Gasteiger partial charge in [0.2, 0.25) is 0 Å². The zero-order valence-corrected chi connectivity index (χ0v) is 12.3. The molecule has 1 aliphatic carbocycles. The fourth-order valence-electron chi connectivity index (χ4n) is 2.43. The predicted octanol–water partition coefficient (Wildman–Crippen LogP) is 2.99. The van der Waals surface area contributed by atoms with Crippen molar-refractivity contribution in [1.82, 2.24) is 9.55 Å². The molecule has 0 spiro atoms. The van der Waals surface area contributed by atoms with Crippen molar-refractivity contribution < 1.29 is 0 Å². The minimum absolute atomic E-state index is 0.137. The van der Waals surface area contributed by atoms with Crippen LogP contribution in [0.2, 0.25) is 0 Å². The molecule has 96 valence electrons. The van der Waals surface area contributed by atoms with Crippen molar-refractivity contribution in [3.05, 3.63) is 20.8 Å². The average molecular weight is 280 g/mol. The first-order valence-corrected chi connectivity index (χ1v) is 8.16. The first-order chi connectivity index (χ1) is 8.72. The van der Waals surface area contributed by atoms with Gasteiger partial charge in [-0.05, 0) is 31.2 Å². The Labute approximate surface area is 114 Å². The van der Waals surface area contributed by atoms with Gasteiger partial charge in [0, 0.05) is 17.7 Å². The molecule has 5 heteroatoms. The number of thioether (sulfide) groups is 1. The topological polar surface area (TPSA) is 34.9 Å². The van der Waals surface area contributed by atoms with Crippen LogP contribution in [0.4, 0.5) is 0 Å². The van der Waals surface area contributed by atoms with E-state index in [1.54, 1.807) is 27.7 Å². The van der Waals surface area contributed by atoms with Crippen LogP contribution in [-0.4, -0.2) is 15.3 Å². The molecule has 0 saturated carbocycles. The van der Waals surface area contributed by atoms with Gasteiger partial charge in [-0.1, -0.05) is 18.7 Å². The molecule has 0 aliphatic heterocycles. The molecular formula is C13H16N2OS2.